The molecule has 3 rings (SSSR count). The van der Waals surface area contributed by atoms with Gasteiger partial charge in [-0.3, -0.25) is 4.79 Å². The van der Waals surface area contributed by atoms with E-state index in [0.29, 0.717) is 24.5 Å². The first kappa shape index (κ1) is 18.9. The Morgan fingerprint density at radius 2 is 1.96 bits per heavy atom. The molecule has 0 aromatic heterocycles. The van der Waals surface area contributed by atoms with E-state index in [4.69, 9.17) is 10.00 Å². The SMILES string of the molecule is COC1CCCN(c2ccc(NC(=O)CCc3ccc(C#N)cc3)cc2)C1. The molecular weight excluding hydrogens is 338 g/mol. The molecule has 2 aromatic rings. The van der Waals surface area contributed by atoms with Crippen LogP contribution in [0, 0.1) is 11.3 Å². The molecule has 0 aliphatic carbocycles. The van der Waals surface area contributed by atoms with Crippen LogP contribution in [-0.4, -0.2) is 32.2 Å². The lowest BCUT2D eigenvalue weighted by Gasteiger charge is -2.33. The van der Waals surface area contributed by atoms with Gasteiger partial charge in [-0.15, -0.1) is 0 Å². The zero-order valence-corrected chi connectivity index (χ0v) is 15.6. The van der Waals surface area contributed by atoms with Crippen LogP contribution in [0.2, 0.25) is 0 Å². The third-order valence-electron chi connectivity index (χ3n) is 4.95. The zero-order chi connectivity index (χ0) is 19.1. The largest absolute Gasteiger partial charge is 0.380 e. The zero-order valence-electron chi connectivity index (χ0n) is 15.6. The van der Waals surface area contributed by atoms with Gasteiger partial charge in [0.25, 0.3) is 0 Å². The van der Waals surface area contributed by atoms with Gasteiger partial charge in [0.05, 0.1) is 17.7 Å². The number of aryl methyl sites for hydroxylation is 1. The van der Waals surface area contributed by atoms with Crippen LogP contribution in [0.1, 0.15) is 30.4 Å². The van der Waals surface area contributed by atoms with Gasteiger partial charge in [-0.25, -0.2) is 0 Å². The minimum Gasteiger partial charge on any atom is -0.380 e. The summed E-state index contributed by atoms with van der Waals surface area (Å²) in [5.74, 6) is -0.00970. The molecule has 1 unspecified atom stereocenters. The van der Waals surface area contributed by atoms with Crippen molar-refractivity contribution in [1.82, 2.24) is 0 Å². The number of amides is 1. The quantitative estimate of drug-likeness (QED) is 0.849. The third kappa shape index (κ3) is 5.32. The number of methoxy groups -OCH3 is 1. The van der Waals surface area contributed by atoms with E-state index in [1.54, 1.807) is 19.2 Å². The summed E-state index contributed by atoms with van der Waals surface area (Å²) in [7, 11) is 1.77. The molecule has 2 aromatic carbocycles. The highest BCUT2D eigenvalue weighted by Crippen LogP contribution is 2.23. The van der Waals surface area contributed by atoms with Crippen LogP contribution in [0.25, 0.3) is 0 Å². The van der Waals surface area contributed by atoms with Gasteiger partial charge >= 0.3 is 0 Å². The molecule has 1 saturated heterocycles. The molecular formula is C22H25N3O2. The predicted octanol–water partition coefficient (Wildman–Crippen LogP) is 3.74. The third-order valence-corrected chi connectivity index (χ3v) is 4.95. The van der Waals surface area contributed by atoms with Crippen molar-refractivity contribution < 1.29 is 9.53 Å². The second-order valence-electron chi connectivity index (χ2n) is 6.85. The number of piperidine rings is 1. The van der Waals surface area contributed by atoms with Crippen LogP contribution in [0.3, 0.4) is 0 Å². The van der Waals surface area contributed by atoms with Gasteiger partial charge in [0, 0.05) is 38.0 Å². The average Bonchev–Trinajstić information content (AvgIpc) is 2.73. The van der Waals surface area contributed by atoms with E-state index >= 15 is 0 Å². The number of nitriles is 1. The lowest BCUT2D eigenvalue weighted by molar-refractivity contribution is -0.116. The van der Waals surface area contributed by atoms with Crippen molar-refractivity contribution in [2.75, 3.05) is 30.4 Å². The standard InChI is InChI=1S/C22H25N3O2/c1-27-21-3-2-14-25(16-21)20-11-9-19(10-12-20)24-22(26)13-8-17-4-6-18(15-23)7-5-17/h4-7,9-12,21H,2-3,8,13-14,16H2,1H3,(H,24,26). The van der Waals surface area contributed by atoms with Gasteiger partial charge in [-0.2, -0.15) is 5.26 Å². The van der Waals surface area contributed by atoms with Crippen molar-refractivity contribution in [2.24, 2.45) is 0 Å². The first-order chi connectivity index (χ1) is 13.2. The van der Waals surface area contributed by atoms with E-state index in [0.717, 1.165) is 42.9 Å². The molecule has 1 amide bonds. The Bertz CT molecular complexity index is 794. The molecule has 0 saturated carbocycles. The minimum atomic E-state index is -0.00970. The topological polar surface area (TPSA) is 65.4 Å². The van der Waals surface area contributed by atoms with Crippen LogP contribution in [0.15, 0.2) is 48.5 Å². The number of hydrogen-bond donors (Lipinski definition) is 1. The number of nitrogens with zero attached hydrogens (tertiary/aromatic N) is 2. The van der Waals surface area contributed by atoms with Crippen molar-refractivity contribution in [2.45, 2.75) is 31.8 Å². The maximum absolute atomic E-state index is 12.2. The fourth-order valence-electron chi connectivity index (χ4n) is 3.35. The van der Waals surface area contributed by atoms with Gasteiger partial charge in [-0.1, -0.05) is 12.1 Å². The molecule has 5 heteroatoms. The first-order valence-electron chi connectivity index (χ1n) is 9.34. The summed E-state index contributed by atoms with van der Waals surface area (Å²) >= 11 is 0. The molecule has 0 bridgehead atoms. The van der Waals surface area contributed by atoms with Gasteiger partial charge in [-0.05, 0) is 61.2 Å². The number of anilines is 2. The van der Waals surface area contributed by atoms with E-state index < -0.39 is 0 Å². The Morgan fingerprint density at radius 1 is 1.22 bits per heavy atom. The summed E-state index contributed by atoms with van der Waals surface area (Å²) in [6.45, 7) is 1.95. The van der Waals surface area contributed by atoms with E-state index in [9.17, 15) is 4.79 Å². The van der Waals surface area contributed by atoms with E-state index in [1.807, 2.05) is 36.4 Å². The predicted molar refractivity (Wildman–Crippen MR) is 107 cm³/mol. The molecule has 0 radical (unpaired) electrons. The molecule has 5 nitrogen and oxygen atoms in total. The number of ether oxygens (including phenoxy) is 1. The summed E-state index contributed by atoms with van der Waals surface area (Å²) in [6, 6.07) is 17.4. The van der Waals surface area contributed by atoms with Gasteiger partial charge in [0.15, 0.2) is 0 Å². The molecule has 0 spiro atoms. The molecule has 1 aliphatic rings. The van der Waals surface area contributed by atoms with Crippen LogP contribution >= 0.6 is 0 Å². The second kappa shape index (κ2) is 9.20. The Kier molecular flexibility index (Phi) is 6.45. The number of benzene rings is 2. The van der Waals surface area contributed by atoms with Crippen molar-refractivity contribution in [3.05, 3.63) is 59.7 Å². The van der Waals surface area contributed by atoms with Crippen molar-refractivity contribution in [1.29, 1.82) is 5.26 Å². The van der Waals surface area contributed by atoms with E-state index in [2.05, 4.69) is 16.3 Å². The van der Waals surface area contributed by atoms with Gasteiger partial charge < -0.3 is 15.0 Å². The average molecular weight is 363 g/mol. The Morgan fingerprint density at radius 3 is 2.63 bits per heavy atom. The fraction of sp³-hybridized carbons (Fsp3) is 0.364. The second-order valence-corrected chi connectivity index (χ2v) is 6.85. The summed E-state index contributed by atoms with van der Waals surface area (Å²) in [5.41, 5.74) is 3.65. The Labute approximate surface area is 160 Å². The smallest absolute Gasteiger partial charge is 0.224 e. The van der Waals surface area contributed by atoms with E-state index in [-0.39, 0.29) is 5.91 Å². The molecule has 1 aliphatic heterocycles. The van der Waals surface area contributed by atoms with Crippen molar-refractivity contribution >= 4 is 17.3 Å². The lowest BCUT2D eigenvalue weighted by Crippen LogP contribution is -2.39. The summed E-state index contributed by atoms with van der Waals surface area (Å²) in [4.78, 5) is 14.5. The van der Waals surface area contributed by atoms with Gasteiger partial charge in [0.1, 0.15) is 0 Å². The summed E-state index contributed by atoms with van der Waals surface area (Å²) in [6.07, 6.45) is 3.60. The number of carbonyl (C=O) groups is 1. The van der Waals surface area contributed by atoms with Crippen LogP contribution < -0.4 is 10.2 Å². The molecule has 140 valence electrons. The maximum atomic E-state index is 12.2. The monoisotopic (exact) mass is 363 g/mol. The Hall–Kier alpha value is -2.84. The highest BCUT2D eigenvalue weighted by molar-refractivity contribution is 5.91. The normalized spacial score (nSPS) is 16.6. The number of carbonyl (C=O) groups excluding carboxylic acids is 1. The number of hydrogen-bond acceptors (Lipinski definition) is 4. The highest BCUT2D eigenvalue weighted by atomic mass is 16.5. The minimum absolute atomic E-state index is 0.00970. The molecule has 1 atom stereocenters. The van der Waals surface area contributed by atoms with Crippen molar-refractivity contribution in [3.8, 4) is 6.07 Å². The summed E-state index contributed by atoms with van der Waals surface area (Å²) < 4.78 is 5.48. The van der Waals surface area contributed by atoms with Gasteiger partial charge in [0.2, 0.25) is 5.91 Å². The number of nitrogens with one attached hydrogen (secondary N) is 1. The Balaban J connectivity index is 1.50. The van der Waals surface area contributed by atoms with Crippen LogP contribution in [0.5, 0.6) is 0 Å². The summed E-state index contributed by atoms with van der Waals surface area (Å²) in [5, 5.41) is 11.8. The first-order valence-corrected chi connectivity index (χ1v) is 9.34. The molecule has 1 N–H and O–H groups in total. The van der Waals surface area contributed by atoms with Crippen LogP contribution in [-0.2, 0) is 16.0 Å². The molecule has 27 heavy (non-hydrogen) atoms. The van der Waals surface area contributed by atoms with Crippen LogP contribution in [0.4, 0.5) is 11.4 Å². The number of rotatable bonds is 6. The fourth-order valence-corrected chi connectivity index (χ4v) is 3.35. The molecule has 1 fully saturated rings. The lowest BCUT2D eigenvalue weighted by atomic mass is 10.1. The highest BCUT2D eigenvalue weighted by Gasteiger charge is 2.19. The maximum Gasteiger partial charge on any atom is 0.224 e. The van der Waals surface area contributed by atoms with Crippen molar-refractivity contribution in [3.63, 3.8) is 0 Å². The van der Waals surface area contributed by atoms with E-state index in [1.165, 1.54) is 0 Å². The molecule has 1 heterocycles.